The number of para-hydroxylation sites is 1. The lowest BCUT2D eigenvalue weighted by Crippen LogP contribution is -2.26. The molecule has 0 aliphatic carbocycles. The summed E-state index contributed by atoms with van der Waals surface area (Å²) >= 11 is 0. The Kier molecular flexibility index (Phi) is 4.29. The minimum Gasteiger partial charge on any atom is -0.489 e. The second kappa shape index (κ2) is 6.53. The van der Waals surface area contributed by atoms with Gasteiger partial charge in [0.1, 0.15) is 24.4 Å². The molecule has 23 heavy (non-hydrogen) atoms. The number of fused-ring (bicyclic) bond motifs is 2. The number of nitrogens with zero attached hydrogens (tertiary/aromatic N) is 1. The van der Waals surface area contributed by atoms with Crippen LogP contribution in [0.25, 0.3) is 0 Å². The van der Waals surface area contributed by atoms with E-state index in [9.17, 15) is 10.1 Å². The number of carbonyl (C=O) groups is 1. The SMILES string of the molecule is CC(=O)O[C@@H]1Cc2ccccc2OCc2ccccc2[C@H]1C#N. The summed E-state index contributed by atoms with van der Waals surface area (Å²) in [6.45, 7) is 1.76. The van der Waals surface area contributed by atoms with Gasteiger partial charge in [0.2, 0.25) is 0 Å². The highest BCUT2D eigenvalue weighted by atomic mass is 16.5. The minimum atomic E-state index is -0.540. The molecule has 0 amide bonds. The number of benzene rings is 2. The van der Waals surface area contributed by atoms with Crippen molar-refractivity contribution in [2.24, 2.45) is 0 Å². The largest absolute Gasteiger partial charge is 0.489 e. The molecule has 0 unspecified atom stereocenters. The van der Waals surface area contributed by atoms with Gasteiger partial charge in [0.05, 0.1) is 6.07 Å². The molecule has 1 aliphatic heterocycles. The standard InChI is InChI=1S/C19H17NO3/c1-13(21)23-19-10-14-6-3-5-9-18(14)22-12-15-7-2-4-8-16(15)17(19)11-20/h2-9,17,19H,10,12H2,1H3/t17-,19-/m1/s1. The average Bonchev–Trinajstić information content (AvgIpc) is 2.60. The lowest BCUT2D eigenvalue weighted by Gasteiger charge is -2.22. The molecule has 2 aromatic rings. The molecule has 0 fully saturated rings. The monoisotopic (exact) mass is 307 g/mol. The third-order valence-corrected chi connectivity index (χ3v) is 4.00. The summed E-state index contributed by atoms with van der Waals surface area (Å²) in [5.74, 6) is -0.145. The van der Waals surface area contributed by atoms with Gasteiger partial charge < -0.3 is 9.47 Å². The van der Waals surface area contributed by atoms with Crippen LogP contribution in [0.1, 0.15) is 29.5 Å². The Hall–Kier alpha value is -2.80. The van der Waals surface area contributed by atoms with Crippen molar-refractivity contribution in [3.05, 3.63) is 65.2 Å². The summed E-state index contributed by atoms with van der Waals surface area (Å²) < 4.78 is 11.4. The first-order chi connectivity index (χ1) is 11.2. The third kappa shape index (κ3) is 3.19. The van der Waals surface area contributed by atoms with Gasteiger partial charge in [0.15, 0.2) is 0 Å². The molecule has 0 aromatic heterocycles. The van der Waals surface area contributed by atoms with Gasteiger partial charge in [-0.1, -0.05) is 42.5 Å². The van der Waals surface area contributed by atoms with Crippen LogP contribution in [0.2, 0.25) is 0 Å². The van der Waals surface area contributed by atoms with Gasteiger partial charge in [-0.25, -0.2) is 0 Å². The van der Waals surface area contributed by atoms with Crippen molar-refractivity contribution >= 4 is 5.97 Å². The smallest absolute Gasteiger partial charge is 0.302 e. The van der Waals surface area contributed by atoms with Crippen molar-refractivity contribution in [1.82, 2.24) is 0 Å². The summed E-state index contributed by atoms with van der Waals surface area (Å²) in [5.41, 5.74) is 2.73. The zero-order valence-corrected chi connectivity index (χ0v) is 12.9. The Labute approximate surface area is 135 Å². The predicted octanol–water partition coefficient (Wildman–Crippen LogP) is 3.36. The number of hydrogen-bond acceptors (Lipinski definition) is 4. The van der Waals surface area contributed by atoms with Crippen molar-refractivity contribution in [3.8, 4) is 11.8 Å². The molecule has 0 saturated heterocycles. The highest BCUT2D eigenvalue weighted by Gasteiger charge is 2.30. The highest BCUT2D eigenvalue weighted by Crippen LogP contribution is 2.32. The van der Waals surface area contributed by atoms with Crippen LogP contribution in [0.15, 0.2) is 48.5 Å². The molecule has 4 heteroatoms. The Bertz CT molecular complexity index is 763. The first-order valence-electron chi connectivity index (χ1n) is 7.54. The zero-order chi connectivity index (χ0) is 16.2. The average molecular weight is 307 g/mol. The van der Waals surface area contributed by atoms with E-state index < -0.39 is 12.0 Å². The van der Waals surface area contributed by atoms with E-state index in [1.54, 1.807) is 0 Å². The van der Waals surface area contributed by atoms with Gasteiger partial charge in [-0.15, -0.1) is 0 Å². The molecule has 1 heterocycles. The van der Waals surface area contributed by atoms with Crippen molar-refractivity contribution in [1.29, 1.82) is 5.26 Å². The van der Waals surface area contributed by atoms with Gasteiger partial charge in [-0.3, -0.25) is 4.79 Å². The second-order valence-corrected chi connectivity index (χ2v) is 5.55. The topological polar surface area (TPSA) is 59.3 Å². The van der Waals surface area contributed by atoms with Crippen LogP contribution in [-0.2, 0) is 22.6 Å². The number of ether oxygens (including phenoxy) is 2. The van der Waals surface area contributed by atoms with Crippen LogP contribution in [-0.4, -0.2) is 12.1 Å². The van der Waals surface area contributed by atoms with Crippen molar-refractivity contribution in [2.75, 3.05) is 0 Å². The maximum Gasteiger partial charge on any atom is 0.302 e. The second-order valence-electron chi connectivity index (χ2n) is 5.55. The number of carbonyl (C=O) groups excluding carboxylic acids is 1. The van der Waals surface area contributed by atoms with E-state index in [4.69, 9.17) is 9.47 Å². The van der Waals surface area contributed by atoms with E-state index in [1.807, 2.05) is 48.5 Å². The van der Waals surface area contributed by atoms with Gasteiger partial charge >= 0.3 is 5.97 Å². The number of nitriles is 1. The number of esters is 1. The summed E-state index contributed by atoms with van der Waals surface area (Å²) in [6, 6.07) is 17.6. The van der Waals surface area contributed by atoms with Gasteiger partial charge in [0.25, 0.3) is 0 Å². The fraction of sp³-hybridized carbons (Fsp3) is 0.263. The predicted molar refractivity (Wildman–Crippen MR) is 84.8 cm³/mol. The van der Waals surface area contributed by atoms with E-state index in [0.717, 1.165) is 22.4 Å². The summed E-state index contributed by atoms with van der Waals surface area (Å²) in [7, 11) is 0. The maximum atomic E-state index is 11.5. The Morgan fingerprint density at radius 1 is 1.17 bits per heavy atom. The van der Waals surface area contributed by atoms with Gasteiger partial charge in [-0.2, -0.15) is 5.26 Å². The van der Waals surface area contributed by atoms with Crippen molar-refractivity contribution < 1.29 is 14.3 Å². The summed E-state index contributed by atoms with van der Waals surface area (Å²) in [4.78, 5) is 11.5. The number of rotatable bonds is 1. The molecule has 2 aromatic carbocycles. The molecule has 4 nitrogen and oxygen atoms in total. The lowest BCUT2D eigenvalue weighted by atomic mass is 9.88. The molecule has 3 rings (SSSR count). The normalized spacial score (nSPS) is 19.7. The Balaban J connectivity index is 2.10. The highest BCUT2D eigenvalue weighted by molar-refractivity contribution is 5.66. The van der Waals surface area contributed by atoms with Crippen LogP contribution in [0.5, 0.6) is 5.75 Å². The Morgan fingerprint density at radius 3 is 2.61 bits per heavy atom. The van der Waals surface area contributed by atoms with Crippen LogP contribution in [0.4, 0.5) is 0 Å². The van der Waals surface area contributed by atoms with Crippen molar-refractivity contribution in [2.45, 2.75) is 32.0 Å². The number of hydrogen-bond donors (Lipinski definition) is 0. The minimum absolute atomic E-state index is 0.384. The van der Waals surface area contributed by atoms with E-state index in [-0.39, 0.29) is 5.97 Å². The lowest BCUT2D eigenvalue weighted by molar-refractivity contribution is -0.146. The third-order valence-electron chi connectivity index (χ3n) is 4.00. The summed E-state index contributed by atoms with van der Waals surface area (Å²) in [5, 5.41) is 9.70. The van der Waals surface area contributed by atoms with Gasteiger partial charge in [0, 0.05) is 13.3 Å². The molecule has 0 radical (unpaired) electrons. The Morgan fingerprint density at radius 2 is 1.87 bits per heavy atom. The van der Waals surface area contributed by atoms with Crippen LogP contribution >= 0.6 is 0 Å². The molecule has 0 bridgehead atoms. The van der Waals surface area contributed by atoms with E-state index in [0.29, 0.717) is 13.0 Å². The fourth-order valence-corrected chi connectivity index (χ4v) is 2.95. The van der Waals surface area contributed by atoms with Gasteiger partial charge in [-0.05, 0) is 22.8 Å². The molecule has 2 atom stereocenters. The van der Waals surface area contributed by atoms with E-state index >= 15 is 0 Å². The molecule has 0 spiro atoms. The molecule has 1 aliphatic rings. The van der Waals surface area contributed by atoms with Crippen molar-refractivity contribution in [3.63, 3.8) is 0 Å². The zero-order valence-electron chi connectivity index (χ0n) is 12.9. The summed E-state index contributed by atoms with van der Waals surface area (Å²) in [6.07, 6.45) is -0.0935. The molecular formula is C19H17NO3. The quantitative estimate of drug-likeness (QED) is 0.758. The first-order valence-corrected chi connectivity index (χ1v) is 7.54. The molecule has 116 valence electrons. The van der Waals surface area contributed by atoms with E-state index in [1.165, 1.54) is 6.92 Å². The fourth-order valence-electron chi connectivity index (χ4n) is 2.95. The van der Waals surface area contributed by atoms with Crippen LogP contribution < -0.4 is 4.74 Å². The maximum absolute atomic E-state index is 11.5. The first kappa shape index (κ1) is 15.1. The molecule has 0 N–H and O–H groups in total. The van der Waals surface area contributed by atoms with Crippen LogP contribution in [0.3, 0.4) is 0 Å². The molecular weight excluding hydrogens is 290 g/mol. The van der Waals surface area contributed by atoms with E-state index in [2.05, 4.69) is 6.07 Å². The molecule has 0 saturated carbocycles. The van der Waals surface area contributed by atoms with Crippen LogP contribution in [0, 0.1) is 11.3 Å².